The van der Waals surface area contributed by atoms with Gasteiger partial charge in [-0.1, -0.05) is 41.4 Å². The minimum Gasteiger partial charge on any atom is -0.488 e. The fourth-order valence-electron chi connectivity index (χ4n) is 3.11. The summed E-state index contributed by atoms with van der Waals surface area (Å²) in [5, 5.41) is 10.8. The van der Waals surface area contributed by atoms with E-state index in [4.69, 9.17) is 27.9 Å². The van der Waals surface area contributed by atoms with Crippen LogP contribution in [0.3, 0.4) is 0 Å². The van der Waals surface area contributed by atoms with Crippen LogP contribution in [-0.4, -0.2) is 41.1 Å². The van der Waals surface area contributed by atoms with Crippen LogP contribution in [-0.2, 0) is 9.59 Å². The number of aliphatic hydroxyl groups excluding tert-OH is 1. The van der Waals surface area contributed by atoms with Crippen molar-refractivity contribution in [2.24, 2.45) is 11.8 Å². The molecule has 1 N–H and O–H groups in total. The van der Waals surface area contributed by atoms with Gasteiger partial charge in [0, 0.05) is 0 Å². The minimum atomic E-state index is -1.02. The van der Waals surface area contributed by atoms with Gasteiger partial charge in [0.15, 0.2) is 5.75 Å². The van der Waals surface area contributed by atoms with E-state index in [9.17, 15) is 14.7 Å². The van der Waals surface area contributed by atoms with Gasteiger partial charge in [-0.15, -0.1) is 0 Å². The van der Waals surface area contributed by atoms with Crippen molar-refractivity contribution < 1.29 is 19.4 Å². The van der Waals surface area contributed by atoms with Gasteiger partial charge in [-0.3, -0.25) is 14.5 Å². The molecule has 1 aliphatic heterocycles. The zero-order valence-electron chi connectivity index (χ0n) is 12.8. The summed E-state index contributed by atoms with van der Waals surface area (Å²) < 4.78 is 5.45. The number of β-amino-alcohol motifs (C(OH)–C–C–N with tert-alkyl or cyclic N) is 1. The summed E-state index contributed by atoms with van der Waals surface area (Å²) in [6.45, 7) is -0.208. The monoisotopic (exact) mass is 369 g/mol. The first-order chi connectivity index (χ1) is 11.5. The number of benzene rings is 1. The molecule has 128 valence electrons. The van der Waals surface area contributed by atoms with Crippen LogP contribution in [0.15, 0.2) is 30.4 Å². The molecule has 7 heteroatoms. The Balaban J connectivity index is 1.60. The van der Waals surface area contributed by atoms with Gasteiger partial charge in [0.05, 0.1) is 28.4 Å². The van der Waals surface area contributed by atoms with Gasteiger partial charge < -0.3 is 9.84 Å². The number of fused-ring (bicyclic) bond motifs is 1. The maximum atomic E-state index is 12.3. The summed E-state index contributed by atoms with van der Waals surface area (Å²) in [6.07, 6.45) is 3.99. The number of allylic oxidation sites excluding steroid dienone is 2. The molecule has 5 nitrogen and oxygen atoms in total. The molecular formula is C17H17Cl2NO4. The van der Waals surface area contributed by atoms with E-state index < -0.39 is 6.10 Å². The average Bonchev–Trinajstić information content (AvgIpc) is 2.80. The first kappa shape index (κ1) is 17.3. The molecule has 1 aromatic carbocycles. The van der Waals surface area contributed by atoms with Gasteiger partial charge in [-0.25, -0.2) is 0 Å². The summed E-state index contributed by atoms with van der Waals surface area (Å²) in [4.78, 5) is 25.8. The molecule has 0 saturated carbocycles. The Morgan fingerprint density at radius 2 is 1.67 bits per heavy atom. The molecule has 3 unspecified atom stereocenters. The Morgan fingerprint density at radius 1 is 1.12 bits per heavy atom. The predicted molar refractivity (Wildman–Crippen MR) is 90.0 cm³/mol. The lowest BCUT2D eigenvalue weighted by Crippen LogP contribution is -2.40. The number of aliphatic hydroxyl groups is 1. The lowest BCUT2D eigenvalue weighted by Gasteiger charge is -2.20. The van der Waals surface area contributed by atoms with Gasteiger partial charge in [-0.2, -0.15) is 0 Å². The van der Waals surface area contributed by atoms with Crippen LogP contribution in [0, 0.1) is 11.8 Å². The van der Waals surface area contributed by atoms with E-state index in [-0.39, 0.29) is 42.6 Å². The number of rotatable bonds is 5. The lowest BCUT2D eigenvalue weighted by molar-refractivity contribution is -0.141. The Kier molecular flexibility index (Phi) is 5.13. The maximum Gasteiger partial charge on any atom is 0.233 e. The zero-order chi connectivity index (χ0) is 17.3. The van der Waals surface area contributed by atoms with Gasteiger partial charge >= 0.3 is 0 Å². The molecule has 1 heterocycles. The highest BCUT2D eigenvalue weighted by Gasteiger charge is 2.47. The number of carbonyl (C=O) groups excluding carboxylic acids is 2. The molecule has 0 bridgehead atoms. The summed E-state index contributed by atoms with van der Waals surface area (Å²) in [5.41, 5.74) is 0. The highest BCUT2D eigenvalue weighted by atomic mass is 35.5. The zero-order valence-corrected chi connectivity index (χ0v) is 14.3. The highest BCUT2D eigenvalue weighted by molar-refractivity contribution is 6.37. The molecule has 2 amide bonds. The van der Waals surface area contributed by atoms with Crippen LogP contribution in [0.2, 0.25) is 10.0 Å². The number of likely N-dealkylation sites (tertiary alicyclic amines) is 1. The van der Waals surface area contributed by atoms with Crippen molar-refractivity contribution in [2.45, 2.75) is 18.9 Å². The van der Waals surface area contributed by atoms with Crippen molar-refractivity contribution in [3.63, 3.8) is 0 Å². The third-order valence-electron chi connectivity index (χ3n) is 4.33. The first-order valence-electron chi connectivity index (χ1n) is 7.74. The van der Waals surface area contributed by atoms with Gasteiger partial charge in [-0.05, 0) is 25.0 Å². The average molecular weight is 370 g/mol. The van der Waals surface area contributed by atoms with Crippen LogP contribution in [0.25, 0.3) is 0 Å². The minimum absolute atomic E-state index is 0.0905. The standard InChI is InChI=1S/C17H17Cl2NO4/c18-13-6-3-7-14(19)15(13)24-9-10(21)8-20-16(22)11-4-1-2-5-12(11)17(20)23/h1-3,6-7,10-12,21H,4-5,8-9H2. The van der Waals surface area contributed by atoms with Gasteiger partial charge in [0.2, 0.25) is 11.8 Å². The maximum absolute atomic E-state index is 12.3. The molecule has 0 spiro atoms. The molecule has 3 atom stereocenters. The van der Waals surface area contributed by atoms with E-state index in [0.29, 0.717) is 22.9 Å². The largest absolute Gasteiger partial charge is 0.488 e. The van der Waals surface area contributed by atoms with Gasteiger partial charge in [0.25, 0.3) is 0 Å². The SMILES string of the molecule is O=C1C2CC=CCC2C(=O)N1CC(O)COc1c(Cl)cccc1Cl. The van der Waals surface area contributed by atoms with Crippen molar-refractivity contribution in [1.82, 2.24) is 4.90 Å². The fourth-order valence-corrected chi connectivity index (χ4v) is 3.62. The molecule has 1 fully saturated rings. The third kappa shape index (κ3) is 3.29. The van der Waals surface area contributed by atoms with E-state index in [1.54, 1.807) is 18.2 Å². The predicted octanol–water partition coefficient (Wildman–Crippen LogP) is 2.68. The number of nitrogens with zero attached hydrogens (tertiary/aromatic N) is 1. The summed E-state index contributed by atoms with van der Waals surface area (Å²) >= 11 is 12.0. The van der Waals surface area contributed by atoms with Crippen LogP contribution in [0.4, 0.5) is 0 Å². The quantitative estimate of drug-likeness (QED) is 0.639. The molecule has 1 saturated heterocycles. The highest BCUT2D eigenvalue weighted by Crippen LogP contribution is 2.35. The molecule has 24 heavy (non-hydrogen) atoms. The summed E-state index contributed by atoms with van der Waals surface area (Å²) in [7, 11) is 0. The van der Waals surface area contributed by atoms with E-state index in [1.807, 2.05) is 12.2 Å². The Morgan fingerprint density at radius 3 is 2.21 bits per heavy atom. The fraction of sp³-hybridized carbons (Fsp3) is 0.412. The molecule has 0 aromatic heterocycles. The Bertz CT molecular complexity index is 645. The number of hydrogen-bond acceptors (Lipinski definition) is 4. The normalized spacial score (nSPS) is 24.2. The summed E-state index contributed by atoms with van der Waals surface area (Å²) in [6, 6.07) is 4.94. The van der Waals surface area contributed by atoms with Crippen LogP contribution < -0.4 is 4.74 Å². The van der Waals surface area contributed by atoms with Crippen molar-refractivity contribution in [2.75, 3.05) is 13.2 Å². The second-order valence-electron chi connectivity index (χ2n) is 5.96. The van der Waals surface area contributed by atoms with Crippen LogP contribution in [0.5, 0.6) is 5.75 Å². The van der Waals surface area contributed by atoms with Crippen molar-refractivity contribution >= 4 is 35.0 Å². The van der Waals surface area contributed by atoms with E-state index in [0.717, 1.165) is 4.90 Å². The van der Waals surface area contributed by atoms with Crippen LogP contribution >= 0.6 is 23.2 Å². The smallest absolute Gasteiger partial charge is 0.233 e. The Labute approximate surface area is 149 Å². The molecule has 1 aliphatic carbocycles. The molecular weight excluding hydrogens is 353 g/mol. The number of amides is 2. The Hall–Kier alpha value is -1.56. The number of ether oxygens (including phenoxy) is 1. The number of carbonyl (C=O) groups is 2. The lowest BCUT2D eigenvalue weighted by atomic mass is 9.85. The molecule has 2 aliphatic rings. The van der Waals surface area contributed by atoms with Crippen molar-refractivity contribution in [3.8, 4) is 5.75 Å². The number of para-hydroxylation sites is 1. The topological polar surface area (TPSA) is 66.8 Å². The van der Waals surface area contributed by atoms with Crippen molar-refractivity contribution in [3.05, 3.63) is 40.4 Å². The molecule has 1 aromatic rings. The molecule has 0 radical (unpaired) electrons. The third-order valence-corrected chi connectivity index (χ3v) is 4.93. The van der Waals surface area contributed by atoms with Crippen LogP contribution in [0.1, 0.15) is 12.8 Å². The number of hydrogen-bond donors (Lipinski definition) is 1. The molecule has 3 rings (SSSR count). The number of halogens is 2. The van der Waals surface area contributed by atoms with E-state index in [1.165, 1.54) is 0 Å². The summed E-state index contributed by atoms with van der Waals surface area (Å²) in [5.74, 6) is -0.757. The van der Waals surface area contributed by atoms with Gasteiger partial charge in [0.1, 0.15) is 12.7 Å². The van der Waals surface area contributed by atoms with E-state index >= 15 is 0 Å². The second-order valence-corrected chi connectivity index (χ2v) is 6.77. The second kappa shape index (κ2) is 7.13. The first-order valence-corrected chi connectivity index (χ1v) is 8.49. The number of imide groups is 1. The van der Waals surface area contributed by atoms with Crippen molar-refractivity contribution in [1.29, 1.82) is 0 Å². The van der Waals surface area contributed by atoms with E-state index in [2.05, 4.69) is 0 Å².